The van der Waals surface area contributed by atoms with E-state index in [9.17, 15) is 17.3 Å². The Labute approximate surface area is 193 Å². The van der Waals surface area contributed by atoms with Crippen molar-refractivity contribution in [1.29, 1.82) is 0 Å². The van der Waals surface area contributed by atoms with Crippen LogP contribution in [-0.2, 0) is 6.16 Å². The molecule has 0 saturated carbocycles. The molecule has 0 radical (unpaired) electrons. The van der Waals surface area contributed by atoms with Gasteiger partial charge in [-0.1, -0.05) is 91.0 Å². The van der Waals surface area contributed by atoms with Crippen molar-refractivity contribution >= 4 is 25.1 Å². The number of rotatable bonds is 5. The lowest BCUT2D eigenvalue weighted by Crippen LogP contribution is -2.38. The molecule has 3 aromatic rings. The average molecular weight is 468 g/mol. The van der Waals surface area contributed by atoms with E-state index in [0.717, 1.165) is 6.16 Å². The lowest BCUT2D eigenvalue weighted by molar-refractivity contribution is 0.368. The summed E-state index contributed by atoms with van der Waals surface area (Å²) in [4.78, 5) is 0. The zero-order valence-corrected chi connectivity index (χ0v) is 19.3. The molecule has 0 aliphatic heterocycles. The summed E-state index contributed by atoms with van der Waals surface area (Å²) in [7, 11) is -7.85. The Morgan fingerprint density at radius 3 is 1.36 bits per heavy atom. The molecule has 0 heterocycles. The van der Waals surface area contributed by atoms with Crippen LogP contribution in [0.3, 0.4) is 0 Å². The minimum atomic E-state index is -6.00. The largest absolute Gasteiger partial charge is 0.673 e. The Balaban J connectivity index is 0.000000555. The molecule has 0 unspecified atom stereocenters. The van der Waals surface area contributed by atoms with Crippen LogP contribution < -0.4 is 10.6 Å². The van der Waals surface area contributed by atoms with Gasteiger partial charge in [-0.15, -0.1) is 0 Å². The van der Waals surface area contributed by atoms with Gasteiger partial charge < -0.3 is 17.3 Å². The number of hydrogen-bond donors (Lipinski definition) is 0. The van der Waals surface area contributed by atoms with E-state index in [1.165, 1.54) is 16.2 Å². The Morgan fingerprint density at radius 1 is 0.606 bits per heavy atom. The van der Waals surface area contributed by atoms with Crippen molar-refractivity contribution in [3.05, 3.63) is 133 Å². The summed E-state index contributed by atoms with van der Waals surface area (Å²) in [6.45, 7) is 2.41. The van der Waals surface area contributed by atoms with Crippen LogP contribution in [0.5, 0.6) is 0 Å². The zero-order chi connectivity index (χ0) is 23.8. The number of hydrogen-bond acceptors (Lipinski definition) is 0. The van der Waals surface area contributed by atoms with Gasteiger partial charge in [-0.3, -0.25) is 0 Å². The molecule has 1 aliphatic rings. The SMILES string of the molecule is CC1([P+](Cc2ccccc2)(c2ccccc2)c2ccccc2)C=CC=CC=C1.F[B-](F)(F)F. The third-order valence-electron chi connectivity index (χ3n) is 5.68. The maximum Gasteiger partial charge on any atom is 0.673 e. The fourth-order valence-corrected chi connectivity index (χ4v) is 9.14. The minimum Gasteiger partial charge on any atom is -0.418 e. The van der Waals surface area contributed by atoms with Crippen molar-refractivity contribution in [2.24, 2.45) is 0 Å². The number of benzene rings is 3. The van der Waals surface area contributed by atoms with Crippen LogP contribution in [0.1, 0.15) is 12.5 Å². The topological polar surface area (TPSA) is 0 Å². The van der Waals surface area contributed by atoms with Crippen molar-refractivity contribution in [3.8, 4) is 0 Å². The number of allylic oxidation sites excluding steroid dienone is 6. The van der Waals surface area contributed by atoms with Crippen LogP contribution in [-0.4, -0.2) is 12.4 Å². The highest BCUT2D eigenvalue weighted by molar-refractivity contribution is 7.90. The molecule has 0 spiro atoms. The molecule has 0 amide bonds. The van der Waals surface area contributed by atoms with Crippen molar-refractivity contribution in [3.63, 3.8) is 0 Å². The summed E-state index contributed by atoms with van der Waals surface area (Å²) in [5, 5.41) is 2.82. The summed E-state index contributed by atoms with van der Waals surface area (Å²) in [6.07, 6.45) is 14.5. The predicted molar refractivity (Wildman–Crippen MR) is 135 cm³/mol. The molecule has 0 atom stereocenters. The second kappa shape index (κ2) is 10.8. The molecular formula is C27H26BF4P. The van der Waals surface area contributed by atoms with E-state index >= 15 is 0 Å². The third-order valence-corrected chi connectivity index (χ3v) is 10.8. The van der Waals surface area contributed by atoms with Gasteiger partial charge in [0.05, 0.1) is 13.4 Å². The van der Waals surface area contributed by atoms with E-state index in [-0.39, 0.29) is 5.16 Å². The molecular weight excluding hydrogens is 442 g/mol. The van der Waals surface area contributed by atoms with Gasteiger partial charge in [0, 0.05) is 0 Å². The quantitative estimate of drug-likeness (QED) is 0.206. The van der Waals surface area contributed by atoms with Gasteiger partial charge in [-0.05, 0) is 48.9 Å². The zero-order valence-electron chi connectivity index (χ0n) is 18.4. The first kappa shape index (κ1) is 24.7. The normalized spacial score (nSPS) is 14.8. The van der Waals surface area contributed by atoms with Gasteiger partial charge in [-0.25, -0.2) is 0 Å². The van der Waals surface area contributed by atoms with Crippen LogP contribution >= 0.6 is 7.26 Å². The maximum atomic E-state index is 9.75. The molecule has 6 heteroatoms. The van der Waals surface area contributed by atoms with Gasteiger partial charge in [0.2, 0.25) is 0 Å². The average Bonchev–Trinajstić information content (AvgIpc) is 3.03. The van der Waals surface area contributed by atoms with Crippen molar-refractivity contribution in [1.82, 2.24) is 0 Å². The Bertz CT molecular complexity index is 1030. The maximum absolute atomic E-state index is 9.75. The van der Waals surface area contributed by atoms with E-state index in [1.54, 1.807) is 0 Å². The smallest absolute Gasteiger partial charge is 0.418 e. The summed E-state index contributed by atoms with van der Waals surface area (Å²) in [5.41, 5.74) is 1.39. The Hall–Kier alpha value is -2.91. The fourth-order valence-electron chi connectivity index (χ4n) is 4.22. The highest BCUT2D eigenvalue weighted by Gasteiger charge is 2.55. The third kappa shape index (κ3) is 6.33. The van der Waals surface area contributed by atoms with Crippen LogP contribution in [0.25, 0.3) is 0 Å². The predicted octanol–water partition coefficient (Wildman–Crippen LogP) is 7.60. The molecule has 1 aliphatic carbocycles. The number of halogens is 4. The summed E-state index contributed by atoms with van der Waals surface area (Å²) in [6, 6.07) is 33.2. The molecule has 3 aromatic carbocycles. The lowest BCUT2D eigenvalue weighted by Gasteiger charge is -2.39. The molecule has 0 N–H and O–H groups in total. The first-order valence-corrected chi connectivity index (χ1v) is 12.7. The molecule has 170 valence electrons. The van der Waals surface area contributed by atoms with E-state index in [4.69, 9.17) is 0 Å². The molecule has 33 heavy (non-hydrogen) atoms. The fraction of sp³-hybridized carbons (Fsp3) is 0.111. The van der Waals surface area contributed by atoms with Crippen LogP contribution in [0.2, 0.25) is 0 Å². The van der Waals surface area contributed by atoms with Gasteiger partial charge in [0.1, 0.15) is 15.8 Å². The summed E-state index contributed by atoms with van der Waals surface area (Å²) in [5.74, 6) is 0. The molecule has 0 aromatic heterocycles. The first-order valence-electron chi connectivity index (χ1n) is 10.7. The standard InChI is InChI=1S/C27H26P.BF4/c1-27(21-13-2-3-14-22-27)28(25-17-9-5-10-18-25,26-19-11-6-12-20-26)23-24-15-7-4-8-16-24;2-1(3,4)5/h2-22H,23H2,1H3;/q+1;-1. The molecule has 0 nitrogen and oxygen atoms in total. The van der Waals surface area contributed by atoms with E-state index in [1.807, 2.05) is 0 Å². The van der Waals surface area contributed by atoms with Crippen LogP contribution in [0, 0.1) is 0 Å². The van der Waals surface area contributed by atoms with Crippen molar-refractivity contribution in [2.75, 3.05) is 0 Å². The van der Waals surface area contributed by atoms with Crippen LogP contribution in [0.15, 0.2) is 127 Å². The van der Waals surface area contributed by atoms with E-state index < -0.39 is 14.5 Å². The Morgan fingerprint density at radius 2 is 0.970 bits per heavy atom. The second-order valence-electron chi connectivity index (χ2n) is 7.95. The summed E-state index contributed by atoms with van der Waals surface area (Å²) < 4.78 is 39.0. The minimum absolute atomic E-state index is 0.0744. The van der Waals surface area contributed by atoms with Gasteiger partial charge in [0.25, 0.3) is 0 Å². The molecule has 0 bridgehead atoms. The summed E-state index contributed by atoms with van der Waals surface area (Å²) >= 11 is 0. The first-order chi connectivity index (χ1) is 15.7. The Kier molecular flexibility index (Phi) is 8.10. The van der Waals surface area contributed by atoms with Gasteiger partial charge in [0.15, 0.2) is 0 Å². The second-order valence-corrected chi connectivity index (χ2v) is 11.9. The van der Waals surface area contributed by atoms with Crippen molar-refractivity contribution in [2.45, 2.75) is 18.2 Å². The highest BCUT2D eigenvalue weighted by atomic mass is 31.2. The molecule has 4 rings (SSSR count). The molecule has 0 fully saturated rings. The highest BCUT2D eigenvalue weighted by Crippen LogP contribution is 2.70. The van der Waals surface area contributed by atoms with Crippen molar-refractivity contribution < 1.29 is 17.3 Å². The molecule has 0 saturated heterocycles. The van der Waals surface area contributed by atoms with E-state index in [2.05, 4.69) is 134 Å². The van der Waals surface area contributed by atoms with Gasteiger partial charge in [-0.2, -0.15) is 0 Å². The lowest BCUT2D eigenvalue weighted by atomic mass is 10.1. The van der Waals surface area contributed by atoms with Gasteiger partial charge >= 0.3 is 7.25 Å². The van der Waals surface area contributed by atoms with Crippen LogP contribution in [0.4, 0.5) is 17.3 Å². The monoisotopic (exact) mass is 468 g/mol. The van der Waals surface area contributed by atoms with E-state index in [0.29, 0.717) is 0 Å².